The quantitative estimate of drug-likeness (QED) is 0.863. The third kappa shape index (κ3) is 3.31. The molecule has 2 aromatic rings. The van der Waals surface area contributed by atoms with Crippen LogP contribution in [0.1, 0.15) is 5.56 Å². The van der Waals surface area contributed by atoms with Crippen molar-refractivity contribution in [2.24, 2.45) is 0 Å². The first-order valence-corrected chi connectivity index (χ1v) is 8.19. The number of hydrogen-bond donors (Lipinski definition) is 1. The van der Waals surface area contributed by atoms with Gasteiger partial charge < -0.3 is 0 Å². The van der Waals surface area contributed by atoms with Crippen molar-refractivity contribution < 1.29 is 12.8 Å². The zero-order valence-electron chi connectivity index (χ0n) is 10.3. The minimum atomic E-state index is -3.99. The molecule has 2 rings (SSSR count). The fraction of sp³-hybridized carbons (Fsp3) is 0.0769. The van der Waals surface area contributed by atoms with Crippen LogP contribution >= 0.6 is 27.5 Å². The van der Waals surface area contributed by atoms with Crippen LogP contribution in [-0.2, 0) is 10.0 Å². The third-order valence-corrected chi connectivity index (χ3v) is 4.74. The van der Waals surface area contributed by atoms with Crippen LogP contribution in [0.5, 0.6) is 0 Å². The third-order valence-electron chi connectivity index (χ3n) is 2.62. The predicted molar refractivity (Wildman–Crippen MR) is 81.1 cm³/mol. The number of benzene rings is 2. The van der Waals surface area contributed by atoms with Crippen LogP contribution < -0.4 is 4.72 Å². The summed E-state index contributed by atoms with van der Waals surface area (Å²) < 4.78 is 40.9. The Balaban J connectivity index is 2.41. The summed E-state index contributed by atoms with van der Waals surface area (Å²) >= 11 is 8.88. The minimum absolute atomic E-state index is 0.358. The number of hydrogen-bond acceptors (Lipinski definition) is 2. The second-order valence-electron chi connectivity index (χ2n) is 4.14. The summed E-state index contributed by atoms with van der Waals surface area (Å²) in [6.07, 6.45) is 0. The van der Waals surface area contributed by atoms with E-state index in [-0.39, 0.29) is 0 Å². The molecule has 0 heterocycles. The SMILES string of the molecule is Cc1cc(Cl)ccc1NS(=O)(=O)c1ccc(Br)cc1F. The zero-order chi connectivity index (χ0) is 14.9. The molecule has 0 aliphatic rings. The van der Waals surface area contributed by atoms with Gasteiger partial charge in [-0.25, -0.2) is 12.8 Å². The van der Waals surface area contributed by atoms with E-state index in [9.17, 15) is 12.8 Å². The molecule has 2 aromatic carbocycles. The molecule has 0 atom stereocenters. The van der Waals surface area contributed by atoms with Gasteiger partial charge in [-0.15, -0.1) is 0 Å². The van der Waals surface area contributed by atoms with E-state index in [1.807, 2.05) is 0 Å². The van der Waals surface area contributed by atoms with Crippen molar-refractivity contribution in [3.63, 3.8) is 0 Å². The molecule has 0 aliphatic heterocycles. The fourth-order valence-corrected chi connectivity index (χ4v) is 3.39. The normalized spacial score (nSPS) is 11.4. The highest BCUT2D eigenvalue weighted by atomic mass is 79.9. The molecular formula is C13H10BrClFNO2S. The molecule has 0 saturated carbocycles. The van der Waals surface area contributed by atoms with E-state index in [0.717, 1.165) is 6.07 Å². The molecule has 7 heteroatoms. The topological polar surface area (TPSA) is 46.2 Å². The lowest BCUT2D eigenvalue weighted by molar-refractivity contribution is 0.570. The second kappa shape index (κ2) is 5.71. The van der Waals surface area contributed by atoms with Gasteiger partial charge in [0.15, 0.2) is 0 Å². The zero-order valence-corrected chi connectivity index (χ0v) is 13.5. The summed E-state index contributed by atoms with van der Waals surface area (Å²) in [7, 11) is -3.99. The highest BCUT2D eigenvalue weighted by Crippen LogP contribution is 2.25. The second-order valence-corrected chi connectivity index (χ2v) is 7.14. The Kier molecular flexibility index (Phi) is 4.36. The Hall–Kier alpha value is -1.11. The summed E-state index contributed by atoms with van der Waals surface area (Å²) in [4.78, 5) is -0.407. The maximum Gasteiger partial charge on any atom is 0.264 e. The average molecular weight is 379 g/mol. The Morgan fingerprint density at radius 1 is 1.20 bits per heavy atom. The van der Waals surface area contributed by atoms with E-state index in [2.05, 4.69) is 20.7 Å². The van der Waals surface area contributed by atoms with E-state index in [1.165, 1.54) is 18.2 Å². The van der Waals surface area contributed by atoms with Crippen molar-refractivity contribution in [2.45, 2.75) is 11.8 Å². The Morgan fingerprint density at radius 3 is 2.50 bits per heavy atom. The van der Waals surface area contributed by atoms with Crippen LogP contribution in [0, 0.1) is 12.7 Å². The van der Waals surface area contributed by atoms with E-state index in [0.29, 0.717) is 20.7 Å². The highest BCUT2D eigenvalue weighted by Gasteiger charge is 2.20. The molecule has 3 nitrogen and oxygen atoms in total. The summed E-state index contributed by atoms with van der Waals surface area (Å²) in [6.45, 7) is 1.71. The predicted octanol–water partition coefficient (Wildman–Crippen LogP) is 4.35. The van der Waals surface area contributed by atoms with Gasteiger partial charge in [0.1, 0.15) is 10.7 Å². The van der Waals surface area contributed by atoms with Crippen LogP contribution in [0.4, 0.5) is 10.1 Å². The number of halogens is 3. The standard InChI is InChI=1S/C13H10BrClFNO2S/c1-8-6-10(15)3-4-12(8)17-20(18,19)13-5-2-9(14)7-11(13)16/h2-7,17H,1H3. The smallest absolute Gasteiger partial charge is 0.264 e. The summed E-state index contributed by atoms with van der Waals surface area (Å²) in [5, 5.41) is 0.500. The molecule has 0 aliphatic carbocycles. The molecule has 106 valence electrons. The molecule has 0 spiro atoms. The number of anilines is 1. The molecule has 0 bridgehead atoms. The summed E-state index contributed by atoms with van der Waals surface area (Å²) in [6, 6.07) is 8.48. The molecule has 0 unspecified atom stereocenters. The maximum absolute atomic E-state index is 13.7. The molecule has 0 fully saturated rings. The van der Waals surface area contributed by atoms with Gasteiger partial charge in [0.25, 0.3) is 10.0 Å². The molecular weight excluding hydrogens is 369 g/mol. The van der Waals surface area contributed by atoms with Gasteiger partial charge in [-0.05, 0) is 48.9 Å². The molecule has 0 saturated heterocycles. The van der Waals surface area contributed by atoms with Crippen LogP contribution in [0.15, 0.2) is 45.8 Å². The molecule has 0 aromatic heterocycles. The first-order valence-electron chi connectivity index (χ1n) is 5.53. The number of rotatable bonds is 3. The van der Waals surface area contributed by atoms with Gasteiger partial charge >= 0.3 is 0 Å². The fourth-order valence-electron chi connectivity index (χ4n) is 1.63. The van der Waals surface area contributed by atoms with Crippen molar-refractivity contribution in [1.82, 2.24) is 0 Å². The molecule has 1 N–H and O–H groups in total. The van der Waals surface area contributed by atoms with E-state index in [4.69, 9.17) is 11.6 Å². The van der Waals surface area contributed by atoms with E-state index < -0.39 is 20.7 Å². The number of aryl methyl sites for hydroxylation is 1. The van der Waals surface area contributed by atoms with Gasteiger partial charge in [0, 0.05) is 9.50 Å². The lowest BCUT2D eigenvalue weighted by atomic mass is 10.2. The first-order chi connectivity index (χ1) is 9.29. The Morgan fingerprint density at radius 2 is 1.90 bits per heavy atom. The van der Waals surface area contributed by atoms with Crippen LogP contribution in [0.3, 0.4) is 0 Å². The Labute approximate surface area is 130 Å². The maximum atomic E-state index is 13.7. The van der Waals surface area contributed by atoms with Crippen molar-refractivity contribution in [1.29, 1.82) is 0 Å². The van der Waals surface area contributed by atoms with Crippen LogP contribution in [0.2, 0.25) is 5.02 Å². The lowest BCUT2D eigenvalue weighted by Crippen LogP contribution is -2.15. The van der Waals surface area contributed by atoms with E-state index >= 15 is 0 Å². The van der Waals surface area contributed by atoms with E-state index in [1.54, 1.807) is 19.1 Å². The number of sulfonamides is 1. The van der Waals surface area contributed by atoms with Crippen molar-refractivity contribution in [3.8, 4) is 0 Å². The van der Waals surface area contributed by atoms with Crippen molar-refractivity contribution >= 4 is 43.2 Å². The largest absolute Gasteiger partial charge is 0.279 e. The first kappa shape index (κ1) is 15.3. The van der Waals surface area contributed by atoms with Gasteiger partial charge in [-0.3, -0.25) is 4.72 Å². The lowest BCUT2D eigenvalue weighted by Gasteiger charge is -2.11. The summed E-state index contributed by atoms with van der Waals surface area (Å²) in [5.41, 5.74) is 1.01. The van der Waals surface area contributed by atoms with Gasteiger partial charge in [-0.1, -0.05) is 27.5 Å². The number of nitrogens with one attached hydrogen (secondary N) is 1. The minimum Gasteiger partial charge on any atom is -0.279 e. The highest BCUT2D eigenvalue weighted by molar-refractivity contribution is 9.10. The summed E-state index contributed by atoms with van der Waals surface area (Å²) in [5.74, 6) is -0.821. The monoisotopic (exact) mass is 377 g/mol. The van der Waals surface area contributed by atoms with Gasteiger partial charge in [0.05, 0.1) is 5.69 Å². The van der Waals surface area contributed by atoms with Gasteiger partial charge in [-0.2, -0.15) is 0 Å². The molecule has 0 amide bonds. The van der Waals surface area contributed by atoms with Crippen LogP contribution in [-0.4, -0.2) is 8.42 Å². The molecule has 0 radical (unpaired) electrons. The Bertz CT molecular complexity index is 765. The van der Waals surface area contributed by atoms with Crippen LogP contribution in [0.25, 0.3) is 0 Å². The average Bonchev–Trinajstić information content (AvgIpc) is 2.32. The van der Waals surface area contributed by atoms with Gasteiger partial charge in [0.2, 0.25) is 0 Å². The van der Waals surface area contributed by atoms with Crippen molar-refractivity contribution in [2.75, 3.05) is 4.72 Å². The molecule has 20 heavy (non-hydrogen) atoms. The van der Waals surface area contributed by atoms with Crippen molar-refractivity contribution in [3.05, 3.63) is 57.3 Å².